The van der Waals surface area contributed by atoms with Crippen LogP contribution in [0.1, 0.15) is 38.1 Å². The molecule has 2 aromatic rings. The van der Waals surface area contributed by atoms with Crippen LogP contribution >= 0.6 is 0 Å². The first-order chi connectivity index (χ1) is 7.33. The predicted octanol–water partition coefficient (Wildman–Crippen LogP) is 1.31. The Balaban J connectivity index is 2.27. The van der Waals surface area contributed by atoms with Crippen molar-refractivity contribution in [1.29, 1.82) is 0 Å². The average molecular weight is 205 g/mol. The van der Waals surface area contributed by atoms with Crippen molar-refractivity contribution in [2.24, 2.45) is 5.73 Å². The van der Waals surface area contributed by atoms with Gasteiger partial charge in [-0.15, -0.1) is 10.2 Å². The van der Waals surface area contributed by atoms with E-state index in [4.69, 9.17) is 5.73 Å². The van der Waals surface area contributed by atoms with Gasteiger partial charge in [0.15, 0.2) is 11.5 Å². The molecule has 0 spiro atoms. The summed E-state index contributed by atoms with van der Waals surface area (Å²) in [6.07, 6.45) is 6.59. The second kappa shape index (κ2) is 4.35. The summed E-state index contributed by atoms with van der Waals surface area (Å²) in [4.78, 5) is 4.04. The molecule has 80 valence electrons. The molecule has 0 aliphatic carbocycles. The van der Waals surface area contributed by atoms with E-state index in [0.29, 0.717) is 0 Å². The molecule has 1 atom stereocenters. The largest absolute Gasteiger partial charge is 0.321 e. The van der Waals surface area contributed by atoms with E-state index < -0.39 is 0 Å². The summed E-state index contributed by atoms with van der Waals surface area (Å²) in [6, 6.07) is 1.77. The van der Waals surface area contributed by atoms with E-state index in [9.17, 15) is 0 Å². The minimum absolute atomic E-state index is 0.0517. The Morgan fingerprint density at radius 3 is 3.13 bits per heavy atom. The summed E-state index contributed by atoms with van der Waals surface area (Å²) in [5.74, 6) is 0.798. The van der Waals surface area contributed by atoms with Crippen molar-refractivity contribution < 1.29 is 0 Å². The van der Waals surface area contributed by atoms with Gasteiger partial charge >= 0.3 is 0 Å². The number of unbranched alkanes of at least 4 members (excludes halogenated alkanes) is 1. The van der Waals surface area contributed by atoms with Crippen molar-refractivity contribution in [2.45, 2.75) is 32.2 Å². The molecule has 2 rings (SSSR count). The Hall–Kier alpha value is -1.49. The molecule has 0 amide bonds. The Labute approximate surface area is 88.3 Å². The van der Waals surface area contributed by atoms with Gasteiger partial charge in [0, 0.05) is 12.3 Å². The molecule has 0 radical (unpaired) electrons. The molecule has 0 aliphatic heterocycles. The highest BCUT2D eigenvalue weighted by Crippen LogP contribution is 2.15. The van der Waals surface area contributed by atoms with E-state index in [-0.39, 0.29) is 6.04 Å². The van der Waals surface area contributed by atoms with Crippen molar-refractivity contribution >= 4 is 5.65 Å². The lowest BCUT2D eigenvalue weighted by molar-refractivity contribution is 0.569. The Kier molecular flexibility index (Phi) is 2.91. The summed E-state index contributed by atoms with van der Waals surface area (Å²) in [5.41, 5.74) is 6.84. The van der Waals surface area contributed by atoms with Gasteiger partial charge in [-0.1, -0.05) is 19.8 Å². The van der Waals surface area contributed by atoms with Crippen LogP contribution in [0, 0.1) is 0 Å². The van der Waals surface area contributed by atoms with Gasteiger partial charge in [0.05, 0.1) is 6.04 Å². The first kappa shape index (κ1) is 10.0. The molecule has 2 heterocycles. The fraction of sp³-hybridized carbons (Fsp3) is 0.500. The lowest BCUT2D eigenvalue weighted by Crippen LogP contribution is -2.14. The van der Waals surface area contributed by atoms with Crippen LogP contribution in [0.2, 0.25) is 0 Å². The molecule has 5 nitrogen and oxygen atoms in total. The molecule has 5 heteroatoms. The highest BCUT2D eigenvalue weighted by atomic mass is 15.3. The highest BCUT2D eigenvalue weighted by Gasteiger charge is 2.12. The third-order valence-electron chi connectivity index (χ3n) is 2.44. The van der Waals surface area contributed by atoms with Crippen molar-refractivity contribution in [1.82, 2.24) is 19.6 Å². The van der Waals surface area contributed by atoms with Crippen molar-refractivity contribution in [3.8, 4) is 0 Å². The zero-order chi connectivity index (χ0) is 10.7. The lowest BCUT2D eigenvalue weighted by Gasteiger charge is -2.07. The van der Waals surface area contributed by atoms with Crippen LogP contribution in [-0.4, -0.2) is 19.6 Å². The number of hydrogen-bond donors (Lipinski definition) is 1. The van der Waals surface area contributed by atoms with Crippen LogP contribution in [-0.2, 0) is 0 Å². The molecule has 0 aliphatic rings. The molecule has 0 aromatic carbocycles. The van der Waals surface area contributed by atoms with Crippen molar-refractivity contribution in [2.75, 3.05) is 0 Å². The summed E-state index contributed by atoms with van der Waals surface area (Å²) in [6.45, 7) is 2.15. The number of nitrogens with two attached hydrogens (primary N) is 1. The number of rotatable bonds is 4. The molecular formula is C10H15N5. The van der Waals surface area contributed by atoms with Gasteiger partial charge in [0.1, 0.15) is 6.33 Å². The molecule has 2 aromatic heterocycles. The monoisotopic (exact) mass is 205 g/mol. The van der Waals surface area contributed by atoms with Crippen LogP contribution in [0.3, 0.4) is 0 Å². The molecule has 2 N–H and O–H groups in total. The first-order valence-corrected chi connectivity index (χ1v) is 5.23. The second-order valence-corrected chi connectivity index (χ2v) is 3.62. The maximum Gasteiger partial charge on any atom is 0.163 e. The highest BCUT2D eigenvalue weighted by molar-refractivity contribution is 5.35. The molecule has 1 unspecified atom stereocenters. The maximum atomic E-state index is 6.04. The average Bonchev–Trinajstić information content (AvgIpc) is 2.69. The minimum atomic E-state index is -0.0517. The van der Waals surface area contributed by atoms with Crippen LogP contribution in [0.25, 0.3) is 5.65 Å². The Bertz CT molecular complexity index is 436. The number of aromatic nitrogens is 4. The second-order valence-electron chi connectivity index (χ2n) is 3.62. The topological polar surface area (TPSA) is 69.1 Å². The van der Waals surface area contributed by atoms with E-state index >= 15 is 0 Å². The van der Waals surface area contributed by atoms with Gasteiger partial charge in [0.25, 0.3) is 0 Å². The molecule has 0 saturated heterocycles. The van der Waals surface area contributed by atoms with Crippen LogP contribution < -0.4 is 5.73 Å². The third-order valence-corrected chi connectivity index (χ3v) is 2.44. The zero-order valence-corrected chi connectivity index (χ0v) is 8.80. The quantitative estimate of drug-likeness (QED) is 0.817. The van der Waals surface area contributed by atoms with Crippen molar-refractivity contribution in [3.05, 3.63) is 24.4 Å². The maximum absolute atomic E-state index is 6.04. The molecule has 0 fully saturated rings. The fourth-order valence-corrected chi connectivity index (χ4v) is 1.57. The van der Waals surface area contributed by atoms with Crippen LogP contribution in [0.5, 0.6) is 0 Å². The fourth-order valence-electron chi connectivity index (χ4n) is 1.57. The van der Waals surface area contributed by atoms with Gasteiger partial charge in [-0.2, -0.15) is 0 Å². The Morgan fingerprint density at radius 1 is 1.47 bits per heavy atom. The van der Waals surface area contributed by atoms with Gasteiger partial charge in [0.2, 0.25) is 0 Å². The molecule has 0 saturated carbocycles. The minimum Gasteiger partial charge on any atom is -0.321 e. The first-order valence-electron chi connectivity index (χ1n) is 5.23. The number of hydrogen-bond acceptors (Lipinski definition) is 4. The molecular weight excluding hydrogens is 190 g/mol. The lowest BCUT2D eigenvalue weighted by atomic mass is 10.1. The van der Waals surface area contributed by atoms with Crippen LogP contribution in [0.15, 0.2) is 18.6 Å². The Morgan fingerprint density at radius 2 is 2.33 bits per heavy atom. The summed E-state index contributed by atoms with van der Waals surface area (Å²) >= 11 is 0. The SMILES string of the molecule is CCCCC(N)c1nnc2ccncn12. The molecule has 0 bridgehead atoms. The number of fused-ring (bicyclic) bond motifs is 1. The smallest absolute Gasteiger partial charge is 0.163 e. The number of nitrogens with zero attached hydrogens (tertiary/aromatic N) is 4. The zero-order valence-electron chi connectivity index (χ0n) is 8.80. The van der Waals surface area contributed by atoms with Crippen LogP contribution in [0.4, 0.5) is 0 Å². The predicted molar refractivity (Wildman–Crippen MR) is 57.2 cm³/mol. The van der Waals surface area contributed by atoms with E-state index in [1.807, 2.05) is 10.5 Å². The normalized spacial score (nSPS) is 13.2. The van der Waals surface area contributed by atoms with E-state index in [1.165, 1.54) is 0 Å². The molecule has 15 heavy (non-hydrogen) atoms. The van der Waals surface area contributed by atoms with Gasteiger partial charge < -0.3 is 5.73 Å². The van der Waals surface area contributed by atoms with E-state index in [1.54, 1.807) is 12.5 Å². The van der Waals surface area contributed by atoms with Crippen molar-refractivity contribution in [3.63, 3.8) is 0 Å². The van der Waals surface area contributed by atoms with Gasteiger partial charge in [-0.25, -0.2) is 4.98 Å². The summed E-state index contributed by atoms with van der Waals surface area (Å²) in [7, 11) is 0. The third kappa shape index (κ3) is 1.97. The van der Waals surface area contributed by atoms with E-state index in [2.05, 4.69) is 22.1 Å². The van der Waals surface area contributed by atoms with Gasteiger partial charge in [-0.05, 0) is 6.42 Å². The standard InChI is InChI=1S/C10H15N5/c1-2-3-4-8(11)10-14-13-9-5-6-12-7-15(9)10/h5-8H,2-4,11H2,1H3. The van der Waals surface area contributed by atoms with E-state index in [0.717, 1.165) is 30.7 Å². The summed E-state index contributed by atoms with van der Waals surface area (Å²) in [5, 5.41) is 8.14. The summed E-state index contributed by atoms with van der Waals surface area (Å²) < 4.78 is 1.85. The van der Waals surface area contributed by atoms with Gasteiger partial charge in [-0.3, -0.25) is 4.40 Å².